The van der Waals surface area contributed by atoms with E-state index in [0.29, 0.717) is 12.5 Å². The van der Waals surface area contributed by atoms with Crippen molar-refractivity contribution in [2.45, 2.75) is 26.3 Å². The highest BCUT2D eigenvalue weighted by Crippen LogP contribution is 2.16. The molecule has 0 aliphatic heterocycles. The zero-order valence-electron chi connectivity index (χ0n) is 13.9. The van der Waals surface area contributed by atoms with Crippen molar-refractivity contribution in [2.75, 3.05) is 18.9 Å². The Balaban J connectivity index is 1.87. The summed E-state index contributed by atoms with van der Waals surface area (Å²) in [6.07, 6.45) is 0. The maximum atomic E-state index is 12.2. The summed E-state index contributed by atoms with van der Waals surface area (Å²) in [5.74, 6) is 0.596. The van der Waals surface area contributed by atoms with E-state index in [0.717, 1.165) is 15.8 Å². The Labute approximate surface area is 152 Å². The monoisotopic (exact) mass is 423 g/mol. The third-order valence-corrected chi connectivity index (χ3v) is 4.70. The molecule has 23 heavy (non-hydrogen) atoms. The number of rotatable bonds is 6. The van der Waals surface area contributed by atoms with Crippen molar-refractivity contribution >= 4 is 34.2 Å². The van der Waals surface area contributed by atoms with Crippen LogP contribution >= 0.6 is 22.6 Å². The number of para-hydroxylation sites is 1. The van der Waals surface area contributed by atoms with Gasteiger partial charge in [-0.1, -0.05) is 50.2 Å². The summed E-state index contributed by atoms with van der Waals surface area (Å²) in [5.41, 5.74) is 3.49. The lowest BCUT2D eigenvalue weighted by molar-refractivity contribution is -0.885. The van der Waals surface area contributed by atoms with Gasteiger partial charge in [-0.05, 0) is 46.2 Å². The molecule has 0 aromatic heterocycles. The number of carbonyl (C=O) groups excluding carboxylic acids is 1. The van der Waals surface area contributed by atoms with Crippen LogP contribution in [0.2, 0.25) is 0 Å². The lowest BCUT2D eigenvalue weighted by atomic mass is 10.0. The minimum atomic E-state index is 0.0467. The third kappa shape index (κ3) is 5.62. The summed E-state index contributed by atoms with van der Waals surface area (Å²) < 4.78 is 1.06. The first-order valence-electron chi connectivity index (χ1n) is 7.90. The Bertz CT molecular complexity index is 653. The quantitative estimate of drug-likeness (QED) is 0.689. The minimum absolute atomic E-state index is 0.0467. The van der Waals surface area contributed by atoms with Crippen molar-refractivity contribution < 1.29 is 9.69 Å². The van der Waals surface area contributed by atoms with E-state index < -0.39 is 0 Å². The number of benzene rings is 2. The number of halogens is 1. The van der Waals surface area contributed by atoms with Gasteiger partial charge >= 0.3 is 0 Å². The van der Waals surface area contributed by atoms with Gasteiger partial charge in [-0.2, -0.15) is 0 Å². The second kappa shape index (κ2) is 8.45. The molecule has 0 aliphatic rings. The molecule has 0 saturated carbocycles. The molecule has 1 amide bonds. The highest BCUT2D eigenvalue weighted by atomic mass is 127. The normalized spacial score (nSPS) is 12.2. The Kier molecular flexibility index (Phi) is 6.59. The molecule has 0 aliphatic carbocycles. The number of hydrogen-bond acceptors (Lipinski definition) is 1. The van der Waals surface area contributed by atoms with Crippen molar-refractivity contribution in [2.24, 2.45) is 0 Å². The Morgan fingerprint density at radius 1 is 1.13 bits per heavy atom. The van der Waals surface area contributed by atoms with E-state index in [4.69, 9.17) is 0 Å². The van der Waals surface area contributed by atoms with Crippen molar-refractivity contribution in [1.82, 2.24) is 0 Å². The van der Waals surface area contributed by atoms with Crippen molar-refractivity contribution in [3.8, 4) is 0 Å². The highest BCUT2D eigenvalue weighted by Gasteiger charge is 2.12. The van der Waals surface area contributed by atoms with Gasteiger partial charge in [0, 0.05) is 9.13 Å². The molecule has 2 rings (SSSR count). The van der Waals surface area contributed by atoms with Gasteiger partial charge in [-0.3, -0.25) is 4.79 Å². The SMILES string of the molecule is CC(C)c1ccc(C[NH+](C)CC(=O)Nc2ccccc2I)cc1. The maximum Gasteiger partial charge on any atom is 0.279 e. The molecule has 2 aromatic carbocycles. The van der Waals surface area contributed by atoms with E-state index in [1.165, 1.54) is 16.0 Å². The number of quaternary nitrogens is 1. The van der Waals surface area contributed by atoms with Crippen LogP contribution in [-0.2, 0) is 11.3 Å². The van der Waals surface area contributed by atoms with E-state index >= 15 is 0 Å². The van der Waals surface area contributed by atoms with Crippen LogP contribution in [0, 0.1) is 3.57 Å². The number of carbonyl (C=O) groups is 1. The first-order chi connectivity index (χ1) is 11.0. The molecule has 1 unspecified atom stereocenters. The van der Waals surface area contributed by atoms with Gasteiger partial charge in [0.25, 0.3) is 5.91 Å². The number of hydrogen-bond donors (Lipinski definition) is 2. The fraction of sp³-hybridized carbons (Fsp3) is 0.316. The maximum absolute atomic E-state index is 12.2. The molecule has 0 radical (unpaired) electrons. The summed E-state index contributed by atoms with van der Waals surface area (Å²) in [6, 6.07) is 16.5. The Hall–Kier alpha value is -1.40. The molecule has 4 heteroatoms. The largest absolute Gasteiger partial charge is 0.326 e. The summed E-state index contributed by atoms with van der Waals surface area (Å²) in [4.78, 5) is 13.3. The lowest BCUT2D eigenvalue weighted by Crippen LogP contribution is -3.08. The van der Waals surface area contributed by atoms with Gasteiger partial charge < -0.3 is 10.2 Å². The van der Waals surface area contributed by atoms with Gasteiger partial charge in [0.05, 0.1) is 12.7 Å². The molecule has 1 atom stereocenters. The zero-order valence-corrected chi connectivity index (χ0v) is 16.1. The van der Waals surface area contributed by atoms with Crippen molar-refractivity contribution in [1.29, 1.82) is 0 Å². The first kappa shape index (κ1) is 17.9. The van der Waals surface area contributed by atoms with Crippen molar-refractivity contribution in [3.63, 3.8) is 0 Å². The lowest BCUT2D eigenvalue weighted by Gasteiger charge is -2.15. The van der Waals surface area contributed by atoms with Crippen molar-refractivity contribution in [3.05, 3.63) is 63.2 Å². The fourth-order valence-electron chi connectivity index (χ4n) is 2.46. The predicted octanol–water partition coefficient (Wildman–Crippen LogP) is 3.07. The molecule has 3 nitrogen and oxygen atoms in total. The van der Waals surface area contributed by atoms with E-state index in [-0.39, 0.29) is 5.91 Å². The number of anilines is 1. The standard InChI is InChI=1S/C19H23IN2O/c1-14(2)16-10-8-15(9-11-16)12-22(3)13-19(23)21-18-7-5-4-6-17(18)20/h4-11,14H,12-13H2,1-3H3,(H,21,23)/p+1. The van der Waals surface area contributed by atoms with E-state index in [1.807, 2.05) is 31.3 Å². The summed E-state index contributed by atoms with van der Waals surface area (Å²) in [7, 11) is 2.05. The second-order valence-electron chi connectivity index (χ2n) is 6.23. The van der Waals surface area contributed by atoms with Crippen LogP contribution in [0.5, 0.6) is 0 Å². The first-order valence-corrected chi connectivity index (χ1v) is 8.98. The van der Waals surface area contributed by atoms with Crippen LogP contribution < -0.4 is 10.2 Å². The topological polar surface area (TPSA) is 33.5 Å². The van der Waals surface area contributed by atoms with Gasteiger partial charge in [0.15, 0.2) is 6.54 Å². The molecule has 0 saturated heterocycles. The zero-order chi connectivity index (χ0) is 16.8. The van der Waals surface area contributed by atoms with Gasteiger partial charge in [-0.15, -0.1) is 0 Å². The van der Waals surface area contributed by atoms with Crippen LogP contribution in [0.4, 0.5) is 5.69 Å². The molecule has 2 N–H and O–H groups in total. The number of nitrogens with one attached hydrogen (secondary N) is 2. The van der Waals surface area contributed by atoms with Crippen LogP contribution in [0.3, 0.4) is 0 Å². The van der Waals surface area contributed by atoms with E-state index in [1.54, 1.807) is 0 Å². The number of amides is 1. The molecule has 0 heterocycles. The average molecular weight is 423 g/mol. The fourth-order valence-corrected chi connectivity index (χ4v) is 2.98. The molecular formula is C19H24IN2O+. The summed E-state index contributed by atoms with van der Waals surface area (Å²) >= 11 is 2.23. The minimum Gasteiger partial charge on any atom is -0.326 e. The smallest absolute Gasteiger partial charge is 0.279 e. The molecule has 0 bridgehead atoms. The second-order valence-corrected chi connectivity index (χ2v) is 7.40. The van der Waals surface area contributed by atoms with Crippen LogP contribution in [0.1, 0.15) is 30.9 Å². The molecule has 2 aromatic rings. The van der Waals surface area contributed by atoms with E-state index in [9.17, 15) is 4.79 Å². The van der Waals surface area contributed by atoms with Crippen LogP contribution in [-0.4, -0.2) is 19.5 Å². The van der Waals surface area contributed by atoms with Gasteiger partial charge in [-0.25, -0.2) is 0 Å². The summed E-state index contributed by atoms with van der Waals surface area (Å²) in [6.45, 7) is 5.69. The van der Waals surface area contributed by atoms with Gasteiger partial charge in [0.1, 0.15) is 6.54 Å². The number of likely N-dealkylation sites (N-methyl/N-ethyl adjacent to an activating group) is 1. The molecule has 122 valence electrons. The predicted molar refractivity (Wildman–Crippen MR) is 104 cm³/mol. The Morgan fingerprint density at radius 3 is 2.39 bits per heavy atom. The average Bonchev–Trinajstić information content (AvgIpc) is 2.50. The third-order valence-electron chi connectivity index (χ3n) is 3.76. The van der Waals surface area contributed by atoms with Crippen LogP contribution in [0.25, 0.3) is 0 Å². The Morgan fingerprint density at radius 2 is 1.78 bits per heavy atom. The van der Waals surface area contributed by atoms with Crippen LogP contribution in [0.15, 0.2) is 48.5 Å². The molecule has 0 spiro atoms. The van der Waals surface area contributed by atoms with Gasteiger partial charge in [0.2, 0.25) is 0 Å². The highest BCUT2D eigenvalue weighted by molar-refractivity contribution is 14.1. The molecule has 0 fully saturated rings. The summed E-state index contributed by atoms with van der Waals surface area (Å²) in [5, 5.41) is 2.98. The van der Waals surface area contributed by atoms with E-state index in [2.05, 4.69) is 66.0 Å². The molecular weight excluding hydrogens is 399 g/mol.